The van der Waals surface area contributed by atoms with Gasteiger partial charge < -0.3 is 10.1 Å². The van der Waals surface area contributed by atoms with Gasteiger partial charge in [0.15, 0.2) is 0 Å². The van der Waals surface area contributed by atoms with E-state index in [-0.39, 0.29) is 16.1 Å². The average molecular weight is 445 g/mol. The summed E-state index contributed by atoms with van der Waals surface area (Å²) in [6, 6.07) is 8.91. The average Bonchev–Trinajstić information content (AvgIpc) is 2.61. The monoisotopic (exact) mass is 445 g/mol. The quantitative estimate of drug-likeness (QED) is 0.412. The van der Waals surface area contributed by atoms with Crippen LogP contribution in [-0.2, 0) is 0 Å². The minimum absolute atomic E-state index is 0.0701. The summed E-state index contributed by atoms with van der Waals surface area (Å²) < 4.78 is 104. The van der Waals surface area contributed by atoms with Gasteiger partial charge in [0.25, 0.3) is 17.8 Å². The summed E-state index contributed by atoms with van der Waals surface area (Å²) in [5.74, 6) is -4.10. The van der Waals surface area contributed by atoms with Gasteiger partial charge in [0.2, 0.25) is 0 Å². The van der Waals surface area contributed by atoms with E-state index in [1.54, 1.807) is 0 Å². The van der Waals surface area contributed by atoms with Gasteiger partial charge in [-0.1, -0.05) is 11.8 Å². The van der Waals surface area contributed by atoms with E-state index in [2.05, 4.69) is 10.1 Å². The SMILES string of the molecule is O=C(Nc1ccc(SC(F)F)cc1)c1ccc(OC(F)(F)[C@H](F)C(F)(F)F)cc1. The molecule has 0 aliphatic heterocycles. The molecule has 158 valence electrons. The fourth-order valence-corrected chi connectivity index (χ4v) is 2.50. The Bertz CT molecular complexity index is 825. The molecular formula is C17H11F8NO2S. The Labute approximate surface area is 163 Å². The predicted octanol–water partition coefficient (Wildman–Crippen LogP) is 6.13. The molecule has 0 saturated carbocycles. The van der Waals surface area contributed by atoms with Crippen molar-refractivity contribution in [3.05, 3.63) is 54.1 Å². The van der Waals surface area contributed by atoms with Crippen molar-refractivity contribution >= 4 is 23.4 Å². The van der Waals surface area contributed by atoms with E-state index >= 15 is 0 Å². The lowest BCUT2D eigenvalue weighted by Crippen LogP contribution is -2.45. The molecule has 2 aromatic carbocycles. The molecule has 2 aromatic rings. The maximum atomic E-state index is 13.2. The van der Waals surface area contributed by atoms with Gasteiger partial charge in [0, 0.05) is 16.1 Å². The standard InChI is InChI=1S/C17H11F8NO2S/c18-14(16(21,22)23)17(24,25)28-11-5-1-9(2-6-11)13(27)26-10-3-7-12(8-4-10)29-15(19)20/h1-8,14-15H,(H,26,27)/t14-/m1/s1. The van der Waals surface area contributed by atoms with Gasteiger partial charge in [0.05, 0.1) is 0 Å². The smallest absolute Gasteiger partial charge is 0.430 e. The lowest BCUT2D eigenvalue weighted by molar-refractivity contribution is -0.304. The summed E-state index contributed by atoms with van der Waals surface area (Å²) in [6.45, 7) is 0. The van der Waals surface area contributed by atoms with E-state index in [1.165, 1.54) is 24.3 Å². The molecule has 0 saturated heterocycles. The highest BCUT2D eigenvalue weighted by atomic mass is 32.2. The Hall–Kier alpha value is -2.50. The Morgan fingerprint density at radius 2 is 1.45 bits per heavy atom. The molecule has 0 bridgehead atoms. The maximum absolute atomic E-state index is 13.2. The summed E-state index contributed by atoms with van der Waals surface area (Å²) in [5.41, 5.74) is 0.185. The van der Waals surface area contributed by atoms with Crippen LogP contribution in [0, 0.1) is 0 Å². The van der Waals surface area contributed by atoms with Crippen LogP contribution in [0.15, 0.2) is 53.4 Å². The minimum atomic E-state index is -5.81. The summed E-state index contributed by atoms with van der Waals surface area (Å²) in [7, 11) is 0. The van der Waals surface area contributed by atoms with E-state index < -0.39 is 35.9 Å². The number of benzene rings is 2. The summed E-state index contributed by atoms with van der Waals surface area (Å²) in [6.07, 6.45) is -15.5. The van der Waals surface area contributed by atoms with Crippen molar-refractivity contribution in [3.8, 4) is 5.75 Å². The summed E-state index contributed by atoms with van der Waals surface area (Å²) in [4.78, 5) is 12.3. The zero-order chi connectivity index (χ0) is 21.8. The number of anilines is 1. The van der Waals surface area contributed by atoms with Crippen LogP contribution < -0.4 is 10.1 Å². The van der Waals surface area contributed by atoms with E-state index in [4.69, 9.17) is 0 Å². The second-order valence-corrected chi connectivity index (χ2v) is 6.51. The first kappa shape index (κ1) is 22.8. The summed E-state index contributed by atoms with van der Waals surface area (Å²) >= 11 is 0.314. The van der Waals surface area contributed by atoms with Crippen molar-refractivity contribution in [1.29, 1.82) is 0 Å². The number of carbonyl (C=O) groups excluding carboxylic acids is 1. The molecular weight excluding hydrogens is 434 g/mol. The van der Waals surface area contributed by atoms with Crippen LogP contribution in [0.5, 0.6) is 5.75 Å². The molecule has 29 heavy (non-hydrogen) atoms. The molecule has 12 heteroatoms. The van der Waals surface area contributed by atoms with Crippen LogP contribution in [0.3, 0.4) is 0 Å². The van der Waals surface area contributed by atoms with Crippen molar-refractivity contribution in [1.82, 2.24) is 0 Å². The number of carbonyl (C=O) groups is 1. The first-order chi connectivity index (χ1) is 13.4. The van der Waals surface area contributed by atoms with Crippen molar-refractivity contribution in [2.24, 2.45) is 0 Å². The van der Waals surface area contributed by atoms with E-state index in [0.29, 0.717) is 11.8 Å². The van der Waals surface area contributed by atoms with Gasteiger partial charge >= 0.3 is 12.3 Å². The number of halogens is 8. The van der Waals surface area contributed by atoms with Crippen molar-refractivity contribution in [3.63, 3.8) is 0 Å². The first-order valence-electron chi connectivity index (χ1n) is 7.62. The molecule has 1 N–H and O–H groups in total. The fraction of sp³-hybridized carbons (Fsp3) is 0.235. The van der Waals surface area contributed by atoms with E-state index in [1.807, 2.05) is 0 Å². The van der Waals surface area contributed by atoms with Gasteiger partial charge in [-0.3, -0.25) is 4.79 Å². The number of rotatable bonds is 7. The van der Waals surface area contributed by atoms with Crippen molar-refractivity contribution in [2.75, 3.05) is 5.32 Å². The molecule has 0 unspecified atom stereocenters. The lowest BCUT2D eigenvalue weighted by atomic mass is 10.2. The highest BCUT2D eigenvalue weighted by Gasteiger charge is 2.59. The topological polar surface area (TPSA) is 38.3 Å². The van der Waals surface area contributed by atoms with Gasteiger partial charge in [-0.05, 0) is 48.5 Å². The van der Waals surface area contributed by atoms with Crippen LogP contribution in [0.1, 0.15) is 10.4 Å². The Balaban J connectivity index is 2.01. The second-order valence-electron chi connectivity index (χ2n) is 5.45. The third-order valence-corrected chi connectivity index (χ3v) is 4.01. The zero-order valence-corrected chi connectivity index (χ0v) is 14.8. The third-order valence-electron chi connectivity index (χ3n) is 3.29. The van der Waals surface area contributed by atoms with Crippen molar-refractivity contribution in [2.45, 2.75) is 29.1 Å². The number of alkyl halides is 8. The molecule has 2 rings (SSSR count). The van der Waals surface area contributed by atoms with Gasteiger partial charge in [-0.2, -0.15) is 30.7 Å². The number of amides is 1. The number of hydrogen-bond acceptors (Lipinski definition) is 3. The molecule has 0 aliphatic carbocycles. The van der Waals surface area contributed by atoms with Crippen LogP contribution >= 0.6 is 11.8 Å². The maximum Gasteiger partial charge on any atom is 0.439 e. The third kappa shape index (κ3) is 6.51. The number of ether oxygens (including phenoxy) is 1. The fourth-order valence-electron chi connectivity index (χ4n) is 2.00. The second kappa shape index (κ2) is 8.89. The Kier molecular flexibility index (Phi) is 6.98. The lowest BCUT2D eigenvalue weighted by Gasteiger charge is -2.23. The van der Waals surface area contributed by atoms with E-state index in [9.17, 15) is 39.9 Å². The molecule has 3 nitrogen and oxygen atoms in total. The minimum Gasteiger partial charge on any atom is -0.430 e. The van der Waals surface area contributed by atoms with E-state index in [0.717, 1.165) is 24.3 Å². The highest BCUT2D eigenvalue weighted by Crippen LogP contribution is 2.36. The van der Waals surface area contributed by atoms with Gasteiger partial charge in [-0.25, -0.2) is 4.39 Å². The molecule has 0 aromatic heterocycles. The molecule has 1 atom stereocenters. The van der Waals surface area contributed by atoms with Crippen LogP contribution in [0.2, 0.25) is 0 Å². The predicted molar refractivity (Wildman–Crippen MR) is 89.2 cm³/mol. The van der Waals surface area contributed by atoms with Crippen LogP contribution in [-0.4, -0.2) is 30.1 Å². The molecule has 0 aliphatic rings. The molecule has 0 fully saturated rings. The molecule has 0 radical (unpaired) electrons. The highest BCUT2D eigenvalue weighted by molar-refractivity contribution is 7.99. The molecule has 0 spiro atoms. The number of thioether (sulfide) groups is 1. The number of hydrogen-bond donors (Lipinski definition) is 1. The summed E-state index contributed by atoms with van der Waals surface area (Å²) in [5, 5.41) is 2.41. The van der Waals surface area contributed by atoms with Crippen LogP contribution in [0.4, 0.5) is 40.8 Å². The van der Waals surface area contributed by atoms with Crippen molar-refractivity contribution < 1.29 is 44.7 Å². The largest absolute Gasteiger partial charge is 0.439 e. The zero-order valence-electron chi connectivity index (χ0n) is 14.0. The Morgan fingerprint density at radius 3 is 1.93 bits per heavy atom. The van der Waals surface area contributed by atoms with Gasteiger partial charge in [0.1, 0.15) is 5.75 Å². The molecule has 1 amide bonds. The number of nitrogens with one attached hydrogen (secondary N) is 1. The normalized spacial score (nSPS) is 13.3. The molecule has 0 heterocycles. The first-order valence-corrected chi connectivity index (χ1v) is 8.50. The van der Waals surface area contributed by atoms with Gasteiger partial charge in [-0.15, -0.1) is 0 Å². The Morgan fingerprint density at radius 1 is 0.897 bits per heavy atom. The van der Waals surface area contributed by atoms with Crippen LogP contribution in [0.25, 0.3) is 0 Å².